The summed E-state index contributed by atoms with van der Waals surface area (Å²) < 4.78 is 20.9. The van der Waals surface area contributed by atoms with Gasteiger partial charge in [0.1, 0.15) is 0 Å². The molecule has 1 unspecified atom stereocenters. The largest absolute Gasteiger partial charge is 0.463 e. The Hall–Kier alpha value is -2.60. The van der Waals surface area contributed by atoms with E-state index in [1.165, 1.54) is 26.2 Å². The fourth-order valence-electron chi connectivity index (χ4n) is 2.02. The minimum Gasteiger partial charge on any atom is -0.463 e. The maximum absolute atomic E-state index is 12.1. The second-order valence-electron chi connectivity index (χ2n) is 4.75. The highest BCUT2D eigenvalue weighted by molar-refractivity contribution is 6.04. The molecule has 1 aliphatic rings. The van der Waals surface area contributed by atoms with E-state index in [9.17, 15) is 9.59 Å². The van der Waals surface area contributed by atoms with Crippen molar-refractivity contribution in [1.82, 2.24) is 0 Å². The van der Waals surface area contributed by atoms with Crippen LogP contribution in [-0.4, -0.2) is 31.4 Å². The Morgan fingerprint density at radius 3 is 2.52 bits per heavy atom. The van der Waals surface area contributed by atoms with E-state index in [0.29, 0.717) is 12.2 Å². The van der Waals surface area contributed by atoms with E-state index in [1.807, 2.05) is 6.07 Å². The molecule has 23 heavy (non-hydrogen) atoms. The van der Waals surface area contributed by atoms with Gasteiger partial charge in [-0.1, -0.05) is 30.3 Å². The molecular weight excluding hydrogens is 300 g/mol. The first-order valence-electron chi connectivity index (χ1n) is 7.11. The normalized spacial score (nSPS) is 20.3. The second-order valence-corrected chi connectivity index (χ2v) is 4.75. The average Bonchev–Trinajstić information content (AvgIpc) is 2.89. The maximum atomic E-state index is 12.1. The molecule has 6 nitrogen and oxygen atoms in total. The van der Waals surface area contributed by atoms with E-state index in [2.05, 4.69) is 4.74 Å². The Balaban J connectivity index is 2.21. The summed E-state index contributed by atoms with van der Waals surface area (Å²) >= 11 is 0. The predicted octanol–water partition coefficient (Wildman–Crippen LogP) is 2.57. The zero-order chi connectivity index (χ0) is 16.9. The van der Waals surface area contributed by atoms with E-state index in [-0.39, 0.29) is 17.3 Å². The minimum atomic E-state index is -1.42. The molecular formula is C17H18O6. The summed E-state index contributed by atoms with van der Waals surface area (Å²) in [6.07, 6.45) is 2.67. The van der Waals surface area contributed by atoms with E-state index >= 15 is 0 Å². The van der Waals surface area contributed by atoms with Crippen LogP contribution in [0.15, 0.2) is 54.0 Å². The van der Waals surface area contributed by atoms with E-state index in [1.54, 1.807) is 31.2 Å². The summed E-state index contributed by atoms with van der Waals surface area (Å²) in [4.78, 5) is 23.9. The zero-order valence-corrected chi connectivity index (χ0v) is 13.2. The molecule has 0 radical (unpaired) electrons. The summed E-state index contributed by atoms with van der Waals surface area (Å²) in [6.45, 7) is 3.62. The Kier molecular flexibility index (Phi) is 5.18. The van der Waals surface area contributed by atoms with Gasteiger partial charge in [0, 0.05) is 12.5 Å². The Bertz CT molecular complexity index is 646. The van der Waals surface area contributed by atoms with Crippen LogP contribution >= 0.6 is 0 Å². The lowest BCUT2D eigenvalue weighted by Gasteiger charge is -2.22. The molecule has 1 aliphatic heterocycles. The quantitative estimate of drug-likeness (QED) is 0.456. The highest BCUT2D eigenvalue weighted by Crippen LogP contribution is 2.33. The molecule has 0 fully saturated rings. The molecule has 1 aromatic rings. The average molecular weight is 318 g/mol. The number of ketones is 1. The monoisotopic (exact) mass is 318 g/mol. The van der Waals surface area contributed by atoms with Gasteiger partial charge in [-0.05, 0) is 19.1 Å². The Labute approximate surface area is 134 Å². The second kappa shape index (κ2) is 7.11. The van der Waals surface area contributed by atoms with Gasteiger partial charge in [0.25, 0.3) is 5.76 Å². The van der Waals surface area contributed by atoms with Gasteiger partial charge in [-0.3, -0.25) is 4.79 Å². The Morgan fingerprint density at radius 1 is 1.22 bits per heavy atom. The highest BCUT2D eigenvalue weighted by atomic mass is 16.9. The summed E-state index contributed by atoms with van der Waals surface area (Å²) in [5.74, 6) is -2.41. The summed E-state index contributed by atoms with van der Waals surface area (Å²) in [5.41, 5.74) is 0.524. The molecule has 0 amide bonds. The molecule has 0 aliphatic carbocycles. The molecule has 0 bridgehead atoms. The van der Waals surface area contributed by atoms with E-state index in [0.717, 1.165) is 0 Å². The van der Waals surface area contributed by atoms with Crippen molar-refractivity contribution >= 4 is 11.8 Å². The third-order valence-electron chi connectivity index (χ3n) is 3.03. The Morgan fingerprint density at radius 2 is 1.91 bits per heavy atom. The van der Waals surface area contributed by atoms with Crippen LogP contribution in [0.4, 0.5) is 0 Å². The number of rotatable bonds is 6. The van der Waals surface area contributed by atoms with Crippen molar-refractivity contribution in [3.8, 4) is 0 Å². The number of benzene rings is 1. The molecule has 0 saturated heterocycles. The summed E-state index contributed by atoms with van der Waals surface area (Å²) in [7, 11) is 1.23. The third-order valence-corrected chi connectivity index (χ3v) is 3.03. The summed E-state index contributed by atoms with van der Waals surface area (Å²) in [6, 6.07) is 8.74. The van der Waals surface area contributed by atoms with Gasteiger partial charge < -0.3 is 18.9 Å². The first-order valence-corrected chi connectivity index (χ1v) is 7.11. The summed E-state index contributed by atoms with van der Waals surface area (Å²) in [5, 5.41) is 0. The molecule has 0 aromatic heterocycles. The van der Waals surface area contributed by atoms with Gasteiger partial charge in [0.2, 0.25) is 0 Å². The lowest BCUT2D eigenvalue weighted by Crippen LogP contribution is -2.31. The van der Waals surface area contributed by atoms with Gasteiger partial charge in [0.05, 0.1) is 13.7 Å². The number of allylic oxidation sites excluding steroid dienone is 2. The van der Waals surface area contributed by atoms with Crippen LogP contribution in [0.2, 0.25) is 0 Å². The molecule has 122 valence electrons. The lowest BCUT2D eigenvalue weighted by molar-refractivity contribution is -0.313. The van der Waals surface area contributed by atoms with Crippen molar-refractivity contribution in [1.29, 1.82) is 0 Å². The standard InChI is InChI=1S/C17H18O6/c1-4-21-17(2)22-14(15(23-17)16(19)20-3)11-10-13(18)12-8-6-5-7-9-12/h5-11H,4H2,1-3H3/b11-10+. The highest BCUT2D eigenvalue weighted by Gasteiger charge is 2.42. The number of hydrogen-bond acceptors (Lipinski definition) is 6. The number of hydrogen-bond donors (Lipinski definition) is 0. The van der Waals surface area contributed by atoms with Crippen molar-refractivity contribution in [3.63, 3.8) is 0 Å². The first kappa shape index (κ1) is 16.8. The molecule has 6 heteroatoms. The smallest absolute Gasteiger partial charge is 0.377 e. The molecule has 1 atom stereocenters. The number of ether oxygens (including phenoxy) is 4. The SMILES string of the molecule is CCOC1(C)OC(/C=C/C(=O)c2ccccc2)=C(C(=O)OC)O1. The van der Waals surface area contributed by atoms with Crippen LogP contribution in [-0.2, 0) is 23.7 Å². The van der Waals surface area contributed by atoms with Gasteiger partial charge in [-0.2, -0.15) is 0 Å². The lowest BCUT2D eigenvalue weighted by atomic mass is 10.1. The van der Waals surface area contributed by atoms with Crippen LogP contribution in [0, 0.1) is 0 Å². The molecule has 2 rings (SSSR count). The molecule has 0 spiro atoms. The third kappa shape index (κ3) is 3.98. The van der Waals surface area contributed by atoms with Crippen molar-refractivity contribution in [3.05, 3.63) is 59.6 Å². The van der Waals surface area contributed by atoms with Crippen molar-refractivity contribution in [2.45, 2.75) is 19.8 Å². The van der Waals surface area contributed by atoms with Crippen molar-refractivity contribution < 1.29 is 28.5 Å². The van der Waals surface area contributed by atoms with Crippen LogP contribution < -0.4 is 0 Å². The van der Waals surface area contributed by atoms with E-state index in [4.69, 9.17) is 14.2 Å². The van der Waals surface area contributed by atoms with Crippen LogP contribution in [0.3, 0.4) is 0 Å². The topological polar surface area (TPSA) is 71.1 Å². The fraction of sp³-hybridized carbons (Fsp3) is 0.294. The van der Waals surface area contributed by atoms with Crippen LogP contribution in [0.5, 0.6) is 0 Å². The number of methoxy groups -OCH3 is 1. The van der Waals surface area contributed by atoms with Gasteiger partial charge in [-0.25, -0.2) is 4.79 Å². The van der Waals surface area contributed by atoms with Crippen LogP contribution in [0.25, 0.3) is 0 Å². The van der Waals surface area contributed by atoms with Gasteiger partial charge in [0.15, 0.2) is 11.5 Å². The zero-order valence-electron chi connectivity index (χ0n) is 13.2. The first-order chi connectivity index (χ1) is 11.0. The number of carbonyl (C=O) groups excluding carboxylic acids is 2. The maximum Gasteiger partial charge on any atom is 0.377 e. The molecule has 1 heterocycles. The molecule has 1 aromatic carbocycles. The molecule has 0 N–H and O–H groups in total. The fourth-order valence-corrected chi connectivity index (χ4v) is 2.02. The van der Waals surface area contributed by atoms with Gasteiger partial charge in [-0.15, -0.1) is 0 Å². The van der Waals surface area contributed by atoms with Crippen molar-refractivity contribution in [2.75, 3.05) is 13.7 Å². The van der Waals surface area contributed by atoms with E-state index < -0.39 is 11.9 Å². The van der Waals surface area contributed by atoms with Crippen LogP contribution in [0.1, 0.15) is 24.2 Å². The predicted molar refractivity (Wildman–Crippen MR) is 81.2 cm³/mol. The molecule has 0 saturated carbocycles. The number of esters is 1. The van der Waals surface area contributed by atoms with Crippen molar-refractivity contribution in [2.24, 2.45) is 0 Å². The minimum absolute atomic E-state index is 0.0806. The van der Waals surface area contributed by atoms with Gasteiger partial charge >= 0.3 is 11.9 Å². The number of carbonyl (C=O) groups is 2.